The van der Waals surface area contributed by atoms with Crippen LogP contribution in [0.4, 0.5) is 4.39 Å². The van der Waals surface area contributed by atoms with E-state index in [0.717, 1.165) is 5.56 Å². The van der Waals surface area contributed by atoms with Crippen LogP contribution in [0.5, 0.6) is 0 Å². The molecule has 2 aromatic carbocycles. The van der Waals surface area contributed by atoms with Gasteiger partial charge in [-0.1, -0.05) is 59.2 Å². The van der Waals surface area contributed by atoms with Crippen LogP contribution < -0.4 is 0 Å². The van der Waals surface area contributed by atoms with E-state index in [-0.39, 0.29) is 5.82 Å². The Morgan fingerprint density at radius 3 is 2.76 bits per heavy atom. The van der Waals surface area contributed by atoms with Crippen LogP contribution in [0.15, 0.2) is 52.7 Å². The minimum atomic E-state index is -0.334. The number of rotatable bonds is 5. The highest BCUT2D eigenvalue weighted by Crippen LogP contribution is 2.28. The van der Waals surface area contributed by atoms with Gasteiger partial charge in [-0.3, -0.25) is 0 Å². The molecule has 0 N–H and O–H groups in total. The van der Waals surface area contributed by atoms with Gasteiger partial charge in [-0.15, -0.1) is 10.2 Å². The Morgan fingerprint density at radius 2 is 2.00 bits per heavy atom. The Bertz CT molecular complexity index is 927. The second-order valence-corrected chi connectivity index (χ2v) is 6.92. The first-order valence-corrected chi connectivity index (χ1v) is 9.06. The number of hydrogen-bond donors (Lipinski definition) is 0. The Kier molecular flexibility index (Phi) is 5.73. The van der Waals surface area contributed by atoms with Crippen LogP contribution in [-0.4, -0.2) is 21.1 Å². The van der Waals surface area contributed by atoms with Crippen molar-refractivity contribution in [2.45, 2.75) is 17.8 Å². The molecule has 1 heterocycles. The summed E-state index contributed by atoms with van der Waals surface area (Å²) < 4.78 is 15.3. The minimum Gasteiger partial charge on any atom is -0.206 e. The van der Waals surface area contributed by atoms with Crippen LogP contribution in [0.1, 0.15) is 17.0 Å². The lowest BCUT2D eigenvalue weighted by atomic mass is 10.2. The lowest BCUT2D eigenvalue weighted by Crippen LogP contribution is -1.97. The Morgan fingerprint density at radius 1 is 1.20 bits per heavy atom. The fraction of sp³-hybridized carbons (Fsp3) is 0.118. The molecule has 0 fully saturated rings. The topological polar surface area (TPSA) is 43.1 Å². The van der Waals surface area contributed by atoms with E-state index in [9.17, 15) is 4.39 Å². The summed E-state index contributed by atoms with van der Waals surface area (Å²) in [7, 11) is 0. The molecule has 4 nitrogen and oxygen atoms in total. The van der Waals surface area contributed by atoms with Gasteiger partial charge in [-0.25, -0.2) is 4.39 Å². The molecule has 0 unspecified atom stereocenters. The fourth-order valence-corrected chi connectivity index (χ4v) is 3.53. The highest BCUT2D eigenvalue weighted by molar-refractivity contribution is 7.98. The number of nitrogens with zero attached hydrogens (tertiary/aromatic N) is 4. The van der Waals surface area contributed by atoms with Crippen LogP contribution in [0.25, 0.3) is 0 Å². The predicted octanol–water partition coefficient (Wildman–Crippen LogP) is 5.21. The lowest BCUT2D eigenvalue weighted by Gasteiger charge is -2.05. The third-order valence-electron chi connectivity index (χ3n) is 3.36. The third-order valence-corrected chi connectivity index (χ3v) is 4.91. The van der Waals surface area contributed by atoms with Gasteiger partial charge in [0, 0.05) is 21.4 Å². The fourth-order valence-electron chi connectivity index (χ4n) is 2.04. The van der Waals surface area contributed by atoms with E-state index in [1.165, 1.54) is 24.0 Å². The largest absolute Gasteiger partial charge is 0.212 e. The lowest BCUT2D eigenvalue weighted by molar-refractivity contribution is 0.625. The van der Waals surface area contributed by atoms with Gasteiger partial charge in [-0.05, 0) is 30.7 Å². The van der Waals surface area contributed by atoms with Gasteiger partial charge < -0.3 is 0 Å². The number of hydrogen-bond acceptors (Lipinski definition) is 4. The average Bonchev–Trinajstić information content (AvgIpc) is 2.93. The quantitative estimate of drug-likeness (QED) is 0.440. The van der Waals surface area contributed by atoms with Crippen LogP contribution >= 0.6 is 35.0 Å². The molecule has 0 saturated carbocycles. The van der Waals surface area contributed by atoms with Gasteiger partial charge in [0.2, 0.25) is 5.16 Å². The van der Waals surface area contributed by atoms with Crippen molar-refractivity contribution >= 4 is 41.2 Å². The van der Waals surface area contributed by atoms with Crippen LogP contribution in [0, 0.1) is 12.7 Å². The Balaban J connectivity index is 1.79. The Labute approximate surface area is 158 Å². The zero-order chi connectivity index (χ0) is 17.8. The highest BCUT2D eigenvalue weighted by Gasteiger charge is 2.10. The summed E-state index contributed by atoms with van der Waals surface area (Å²) in [5.41, 5.74) is 1.33. The second kappa shape index (κ2) is 7.99. The van der Waals surface area contributed by atoms with Crippen molar-refractivity contribution in [1.82, 2.24) is 14.9 Å². The molecule has 0 bridgehead atoms. The molecule has 1 aromatic heterocycles. The number of benzene rings is 2. The van der Waals surface area contributed by atoms with E-state index < -0.39 is 0 Å². The van der Waals surface area contributed by atoms with Crippen molar-refractivity contribution in [3.05, 3.63) is 75.3 Å². The summed E-state index contributed by atoms with van der Waals surface area (Å²) in [6.45, 7) is 1.78. The first-order chi connectivity index (χ1) is 12.0. The predicted molar refractivity (Wildman–Crippen MR) is 100 cm³/mol. The first kappa shape index (κ1) is 17.9. The summed E-state index contributed by atoms with van der Waals surface area (Å²) in [6, 6.07) is 11.8. The molecule has 0 spiro atoms. The molecule has 0 radical (unpaired) electrons. The van der Waals surface area contributed by atoms with Gasteiger partial charge in [0.05, 0.1) is 6.21 Å². The van der Waals surface area contributed by atoms with Gasteiger partial charge in [0.15, 0.2) is 5.82 Å². The van der Waals surface area contributed by atoms with E-state index in [0.29, 0.717) is 32.3 Å². The van der Waals surface area contributed by atoms with E-state index in [1.807, 2.05) is 6.07 Å². The molecule has 3 rings (SSSR count). The molecule has 128 valence electrons. The van der Waals surface area contributed by atoms with Crippen LogP contribution in [-0.2, 0) is 5.75 Å². The standard InChI is InChI=1S/C17H13Cl2FN4S/c1-11-22-23-17(25-10-13-6-7-14(18)8-15(13)19)24(11)21-9-12-4-2-3-5-16(12)20/h2-9H,10H2,1H3/b21-9-. The van der Waals surface area contributed by atoms with Crippen molar-refractivity contribution in [3.8, 4) is 0 Å². The molecule has 0 atom stereocenters. The van der Waals surface area contributed by atoms with Crippen molar-refractivity contribution in [2.75, 3.05) is 0 Å². The maximum atomic E-state index is 13.7. The monoisotopic (exact) mass is 394 g/mol. The van der Waals surface area contributed by atoms with Gasteiger partial charge >= 0.3 is 0 Å². The van der Waals surface area contributed by atoms with Crippen LogP contribution in [0.3, 0.4) is 0 Å². The molecule has 25 heavy (non-hydrogen) atoms. The van der Waals surface area contributed by atoms with E-state index >= 15 is 0 Å². The SMILES string of the molecule is Cc1nnc(SCc2ccc(Cl)cc2Cl)n1/N=C\c1ccccc1F. The summed E-state index contributed by atoms with van der Waals surface area (Å²) in [4.78, 5) is 0. The average molecular weight is 395 g/mol. The second-order valence-electron chi connectivity index (χ2n) is 5.13. The zero-order valence-corrected chi connectivity index (χ0v) is 15.5. The summed E-state index contributed by atoms with van der Waals surface area (Å²) >= 11 is 13.5. The zero-order valence-electron chi connectivity index (χ0n) is 13.2. The molecule has 3 aromatic rings. The Hall–Kier alpha value is -1.89. The van der Waals surface area contributed by atoms with Gasteiger partial charge in [0.25, 0.3) is 0 Å². The van der Waals surface area contributed by atoms with E-state index in [4.69, 9.17) is 23.2 Å². The highest BCUT2D eigenvalue weighted by atomic mass is 35.5. The number of aryl methyl sites for hydroxylation is 1. The molecule has 0 aliphatic carbocycles. The molecule has 0 amide bonds. The maximum absolute atomic E-state index is 13.7. The minimum absolute atomic E-state index is 0.334. The summed E-state index contributed by atoms with van der Waals surface area (Å²) in [5.74, 6) is 0.861. The van der Waals surface area contributed by atoms with Crippen molar-refractivity contribution in [2.24, 2.45) is 5.10 Å². The van der Waals surface area contributed by atoms with E-state index in [2.05, 4.69) is 15.3 Å². The third kappa shape index (κ3) is 4.39. The molecule has 0 aliphatic heterocycles. The van der Waals surface area contributed by atoms with E-state index in [1.54, 1.807) is 41.9 Å². The van der Waals surface area contributed by atoms with Crippen molar-refractivity contribution in [1.29, 1.82) is 0 Å². The first-order valence-electron chi connectivity index (χ1n) is 7.32. The maximum Gasteiger partial charge on any atom is 0.212 e. The summed E-state index contributed by atoms with van der Waals surface area (Å²) in [6.07, 6.45) is 1.45. The molecular formula is C17H13Cl2FN4S. The normalized spacial score (nSPS) is 11.4. The number of thioether (sulfide) groups is 1. The number of halogens is 3. The van der Waals surface area contributed by atoms with Crippen LogP contribution in [0.2, 0.25) is 10.0 Å². The van der Waals surface area contributed by atoms with Crippen molar-refractivity contribution in [3.63, 3.8) is 0 Å². The van der Waals surface area contributed by atoms with Gasteiger partial charge in [-0.2, -0.15) is 9.78 Å². The van der Waals surface area contributed by atoms with Crippen molar-refractivity contribution < 1.29 is 4.39 Å². The van der Waals surface area contributed by atoms with Gasteiger partial charge in [0.1, 0.15) is 5.82 Å². The number of aromatic nitrogens is 3. The smallest absolute Gasteiger partial charge is 0.206 e. The molecule has 0 saturated heterocycles. The molecular weight excluding hydrogens is 382 g/mol. The summed E-state index contributed by atoms with van der Waals surface area (Å²) in [5, 5.41) is 14.2. The molecule has 0 aliphatic rings. The molecule has 8 heteroatoms.